The monoisotopic (exact) mass is 500 g/mol. The molecule has 0 saturated heterocycles. The van der Waals surface area contributed by atoms with E-state index in [1.807, 2.05) is 19.9 Å². The third-order valence-electron chi connectivity index (χ3n) is 5.78. The second-order valence-corrected chi connectivity index (χ2v) is 12.0. The van der Waals surface area contributed by atoms with E-state index in [4.69, 9.17) is 4.74 Å². The van der Waals surface area contributed by atoms with Crippen molar-refractivity contribution >= 4 is 25.7 Å². The summed E-state index contributed by atoms with van der Waals surface area (Å²) in [5, 5.41) is 0. The molecular weight excluding hydrogens is 472 g/mol. The summed E-state index contributed by atoms with van der Waals surface area (Å²) in [6.07, 6.45) is 0.555. The number of sulfonamides is 2. The van der Waals surface area contributed by atoms with Crippen LogP contribution in [-0.4, -0.2) is 34.3 Å². The molecule has 3 aromatic rings. The SMILES string of the molecule is CCOc1ccc(C)cc1S(=O)(=O)Nc1ccc2c(c1)CN(S(=O)(=O)c1ccc(C)cc1)CC2. The molecule has 3 aromatic carbocycles. The van der Waals surface area contributed by atoms with Crippen LogP contribution < -0.4 is 9.46 Å². The first-order valence-electron chi connectivity index (χ1n) is 11.0. The van der Waals surface area contributed by atoms with E-state index in [0.717, 1.165) is 22.3 Å². The molecule has 0 bridgehead atoms. The van der Waals surface area contributed by atoms with Gasteiger partial charge in [-0.1, -0.05) is 29.8 Å². The maximum Gasteiger partial charge on any atom is 0.265 e. The molecule has 0 unspecified atom stereocenters. The molecule has 1 heterocycles. The summed E-state index contributed by atoms with van der Waals surface area (Å²) in [6, 6.07) is 17.1. The number of benzene rings is 3. The predicted molar refractivity (Wildman–Crippen MR) is 132 cm³/mol. The topological polar surface area (TPSA) is 92.8 Å². The summed E-state index contributed by atoms with van der Waals surface area (Å²) in [4.78, 5) is 0.317. The van der Waals surface area contributed by atoms with Crippen molar-refractivity contribution in [1.29, 1.82) is 0 Å². The first-order chi connectivity index (χ1) is 16.1. The fourth-order valence-electron chi connectivity index (χ4n) is 3.97. The number of aryl methyl sites for hydroxylation is 2. The van der Waals surface area contributed by atoms with Gasteiger partial charge in [-0.15, -0.1) is 0 Å². The van der Waals surface area contributed by atoms with Crippen LogP contribution in [0, 0.1) is 13.8 Å². The Morgan fingerprint density at radius 2 is 1.59 bits per heavy atom. The van der Waals surface area contributed by atoms with Crippen LogP contribution >= 0.6 is 0 Å². The highest BCUT2D eigenvalue weighted by molar-refractivity contribution is 7.92. The predicted octanol–water partition coefficient (Wildman–Crippen LogP) is 4.25. The van der Waals surface area contributed by atoms with Gasteiger partial charge in [-0.05, 0) is 80.3 Å². The lowest BCUT2D eigenvalue weighted by Gasteiger charge is -2.28. The highest BCUT2D eigenvalue weighted by atomic mass is 32.2. The fraction of sp³-hybridized carbons (Fsp3) is 0.280. The van der Waals surface area contributed by atoms with Crippen LogP contribution in [0.15, 0.2) is 70.5 Å². The smallest absolute Gasteiger partial charge is 0.265 e. The van der Waals surface area contributed by atoms with Gasteiger partial charge in [0, 0.05) is 18.8 Å². The number of hydrogen-bond donors (Lipinski definition) is 1. The zero-order valence-corrected chi connectivity index (χ0v) is 21.0. The summed E-state index contributed by atoms with van der Waals surface area (Å²) >= 11 is 0. The van der Waals surface area contributed by atoms with Gasteiger partial charge in [0.05, 0.1) is 11.5 Å². The second kappa shape index (κ2) is 9.40. The average Bonchev–Trinajstić information content (AvgIpc) is 2.80. The van der Waals surface area contributed by atoms with Gasteiger partial charge in [0.2, 0.25) is 10.0 Å². The summed E-state index contributed by atoms with van der Waals surface area (Å²) < 4.78 is 62.2. The van der Waals surface area contributed by atoms with Crippen LogP contribution in [0.25, 0.3) is 0 Å². The summed E-state index contributed by atoms with van der Waals surface area (Å²) in [6.45, 7) is 6.41. The average molecular weight is 501 g/mol. The molecule has 0 atom stereocenters. The van der Waals surface area contributed by atoms with Gasteiger partial charge in [-0.2, -0.15) is 4.31 Å². The van der Waals surface area contributed by atoms with Crippen LogP contribution in [0.3, 0.4) is 0 Å². The Balaban J connectivity index is 1.60. The lowest BCUT2D eigenvalue weighted by molar-refractivity contribution is 0.331. The molecule has 9 heteroatoms. The zero-order chi connectivity index (χ0) is 24.5. The molecule has 180 valence electrons. The second-order valence-electron chi connectivity index (χ2n) is 8.37. The lowest BCUT2D eigenvalue weighted by atomic mass is 10.0. The van der Waals surface area contributed by atoms with Gasteiger partial charge < -0.3 is 4.74 Å². The Labute approximate surface area is 201 Å². The van der Waals surface area contributed by atoms with Crippen LogP contribution in [-0.2, 0) is 33.0 Å². The normalized spacial score (nSPS) is 14.4. The van der Waals surface area contributed by atoms with Crippen molar-refractivity contribution in [1.82, 2.24) is 4.31 Å². The number of ether oxygens (including phenoxy) is 1. The van der Waals surface area contributed by atoms with E-state index in [-0.39, 0.29) is 22.1 Å². The summed E-state index contributed by atoms with van der Waals surface area (Å²) in [5.74, 6) is 0.286. The van der Waals surface area contributed by atoms with E-state index in [1.165, 1.54) is 4.31 Å². The first kappa shape index (κ1) is 24.3. The Morgan fingerprint density at radius 1 is 0.882 bits per heavy atom. The minimum absolute atomic E-state index is 0.0654. The Morgan fingerprint density at radius 3 is 2.29 bits per heavy atom. The van der Waals surface area contributed by atoms with E-state index < -0.39 is 20.0 Å². The van der Waals surface area contributed by atoms with E-state index in [0.29, 0.717) is 25.3 Å². The fourth-order valence-corrected chi connectivity index (χ4v) is 6.67. The number of rotatable bonds is 7. The maximum absolute atomic E-state index is 13.2. The third kappa shape index (κ3) is 4.96. The number of nitrogens with zero attached hydrogens (tertiary/aromatic N) is 1. The molecule has 1 aliphatic heterocycles. The van der Waals surface area contributed by atoms with Gasteiger partial charge in [-0.3, -0.25) is 4.72 Å². The number of fused-ring (bicyclic) bond motifs is 1. The van der Waals surface area contributed by atoms with Crippen LogP contribution in [0.5, 0.6) is 5.75 Å². The molecule has 7 nitrogen and oxygen atoms in total. The lowest BCUT2D eigenvalue weighted by Crippen LogP contribution is -2.36. The van der Waals surface area contributed by atoms with Gasteiger partial charge in [0.15, 0.2) is 0 Å². The molecule has 0 aliphatic carbocycles. The minimum atomic E-state index is -3.91. The molecule has 4 rings (SSSR count). The van der Waals surface area contributed by atoms with Crippen molar-refractivity contribution < 1.29 is 21.6 Å². The van der Waals surface area contributed by atoms with Crippen molar-refractivity contribution in [2.24, 2.45) is 0 Å². The van der Waals surface area contributed by atoms with Crippen LogP contribution in [0.4, 0.5) is 5.69 Å². The Hall–Kier alpha value is -2.88. The van der Waals surface area contributed by atoms with Crippen molar-refractivity contribution in [3.05, 3.63) is 82.9 Å². The molecule has 34 heavy (non-hydrogen) atoms. The molecule has 1 N–H and O–H groups in total. The Kier molecular flexibility index (Phi) is 6.71. The van der Waals surface area contributed by atoms with Gasteiger partial charge in [0.1, 0.15) is 10.6 Å². The van der Waals surface area contributed by atoms with Crippen LogP contribution in [0.1, 0.15) is 29.2 Å². The van der Waals surface area contributed by atoms with Gasteiger partial charge in [-0.25, -0.2) is 16.8 Å². The highest BCUT2D eigenvalue weighted by Gasteiger charge is 2.29. The van der Waals surface area contributed by atoms with Crippen molar-refractivity contribution in [3.63, 3.8) is 0 Å². The maximum atomic E-state index is 13.2. The molecule has 0 fully saturated rings. The van der Waals surface area contributed by atoms with Gasteiger partial charge in [0.25, 0.3) is 10.0 Å². The quantitative estimate of drug-likeness (QED) is 0.524. The Bertz CT molecular complexity index is 1420. The van der Waals surface area contributed by atoms with E-state index in [1.54, 1.807) is 61.5 Å². The van der Waals surface area contributed by atoms with Crippen molar-refractivity contribution in [3.8, 4) is 5.75 Å². The van der Waals surface area contributed by atoms with Crippen molar-refractivity contribution in [2.75, 3.05) is 17.9 Å². The summed E-state index contributed by atoms with van der Waals surface area (Å²) in [7, 11) is -7.56. The molecule has 0 aromatic heterocycles. The molecule has 1 aliphatic rings. The van der Waals surface area contributed by atoms with E-state index in [9.17, 15) is 16.8 Å². The van der Waals surface area contributed by atoms with E-state index in [2.05, 4.69) is 4.72 Å². The standard InChI is InChI=1S/C25H28N2O5S2/c1-4-32-24-12-7-19(3)15-25(24)33(28,29)26-22-9-8-20-13-14-27(17-21(20)16-22)34(30,31)23-10-5-18(2)6-11-23/h5-12,15-16,26H,4,13-14,17H2,1-3H3. The van der Waals surface area contributed by atoms with Crippen molar-refractivity contribution in [2.45, 2.75) is 43.5 Å². The number of hydrogen-bond acceptors (Lipinski definition) is 5. The minimum Gasteiger partial charge on any atom is -0.492 e. The van der Waals surface area contributed by atoms with Crippen LogP contribution in [0.2, 0.25) is 0 Å². The molecule has 0 radical (unpaired) electrons. The third-order valence-corrected chi connectivity index (χ3v) is 9.04. The number of nitrogens with one attached hydrogen (secondary N) is 1. The van der Waals surface area contributed by atoms with E-state index >= 15 is 0 Å². The molecule has 0 saturated carbocycles. The zero-order valence-electron chi connectivity index (χ0n) is 19.4. The summed E-state index contributed by atoms with van der Waals surface area (Å²) in [5.41, 5.74) is 3.93. The molecule has 0 amide bonds. The van der Waals surface area contributed by atoms with Gasteiger partial charge >= 0.3 is 0 Å². The molecule has 0 spiro atoms. The molecular formula is C25H28N2O5S2. The highest BCUT2D eigenvalue weighted by Crippen LogP contribution is 2.30. The number of anilines is 1. The largest absolute Gasteiger partial charge is 0.492 e. The first-order valence-corrected chi connectivity index (χ1v) is 14.0.